The lowest BCUT2D eigenvalue weighted by Gasteiger charge is -2.39. The molecule has 0 aromatic carbocycles. The lowest BCUT2D eigenvalue weighted by molar-refractivity contribution is 0.123. The van der Waals surface area contributed by atoms with Gasteiger partial charge in [-0.3, -0.25) is 0 Å². The third-order valence-electron chi connectivity index (χ3n) is 3.54. The molecule has 7 nitrogen and oxygen atoms in total. The molecule has 0 aliphatic carbocycles. The highest BCUT2D eigenvalue weighted by atomic mass is 32.2. The van der Waals surface area contributed by atoms with E-state index in [1.807, 2.05) is 4.90 Å². The minimum absolute atomic E-state index is 0.0217. The summed E-state index contributed by atoms with van der Waals surface area (Å²) in [5.41, 5.74) is 0. The number of carbonyl (C=O) groups excluding carboxylic acids is 1. The molecular formula is C10H20N4O3S. The van der Waals surface area contributed by atoms with Crippen LogP contribution in [0, 0.1) is 0 Å². The van der Waals surface area contributed by atoms with Crippen LogP contribution in [0.3, 0.4) is 0 Å². The fraction of sp³-hybridized carbons (Fsp3) is 0.900. The molecule has 1 atom stereocenters. The van der Waals surface area contributed by atoms with E-state index in [0.29, 0.717) is 13.1 Å². The second kappa shape index (κ2) is 5.02. The summed E-state index contributed by atoms with van der Waals surface area (Å²) >= 11 is 0. The number of nitrogens with two attached hydrogens (primary N) is 1. The average molecular weight is 276 g/mol. The second-order valence-electron chi connectivity index (χ2n) is 4.93. The first-order chi connectivity index (χ1) is 8.39. The maximum Gasteiger partial charge on any atom is 0.320 e. The Morgan fingerprint density at radius 2 is 1.72 bits per heavy atom. The number of amides is 2. The molecule has 2 rings (SSSR count). The van der Waals surface area contributed by atoms with Crippen molar-refractivity contribution in [3.63, 3.8) is 0 Å². The van der Waals surface area contributed by atoms with Gasteiger partial charge >= 0.3 is 6.03 Å². The Bertz CT molecular complexity index is 419. The van der Waals surface area contributed by atoms with Crippen LogP contribution in [0.5, 0.6) is 0 Å². The quantitative estimate of drug-likeness (QED) is 0.694. The topological polar surface area (TPSA) is 86.9 Å². The number of hydrogen-bond donors (Lipinski definition) is 1. The summed E-state index contributed by atoms with van der Waals surface area (Å²) in [4.78, 5) is 15.7. The van der Waals surface area contributed by atoms with Crippen LogP contribution >= 0.6 is 0 Å². The van der Waals surface area contributed by atoms with Crippen molar-refractivity contribution in [3.8, 4) is 0 Å². The number of likely N-dealkylation sites (tertiary alicyclic amines) is 1. The first-order valence-electron chi connectivity index (χ1n) is 6.23. The summed E-state index contributed by atoms with van der Waals surface area (Å²) in [7, 11) is -3.66. The van der Waals surface area contributed by atoms with Crippen molar-refractivity contribution in [2.45, 2.75) is 25.8 Å². The van der Waals surface area contributed by atoms with Crippen molar-refractivity contribution in [2.75, 3.05) is 32.7 Å². The highest BCUT2D eigenvalue weighted by Crippen LogP contribution is 2.16. The molecule has 104 valence electrons. The van der Waals surface area contributed by atoms with Gasteiger partial charge in [-0.25, -0.2) is 9.93 Å². The first-order valence-corrected chi connectivity index (χ1v) is 7.73. The zero-order valence-electron chi connectivity index (χ0n) is 10.6. The normalized spacial score (nSPS) is 26.7. The van der Waals surface area contributed by atoms with Crippen LogP contribution in [-0.4, -0.2) is 67.3 Å². The van der Waals surface area contributed by atoms with Gasteiger partial charge in [0.15, 0.2) is 0 Å². The van der Waals surface area contributed by atoms with Gasteiger partial charge in [-0.2, -0.15) is 12.7 Å². The number of urea groups is 1. The van der Waals surface area contributed by atoms with Gasteiger partial charge in [-0.1, -0.05) is 0 Å². The van der Waals surface area contributed by atoms with Crippen LogP contribution in [0.1, 0.15) is 19.8 Å². The molecule has 0 spiro atoms. The second-order valence-corrected chi connectivity index (χ2v) is 6.43. The molecule has 8 heteroatoms. The van der Waals surface area contributed by atoms with Gasteiger partial charge in [0.1, 0.15) is 0 Å². The molecule has 2 heterocycles. The molecule has 1 unspecified atom stereocenters. The van der Waals surface area contributed by atoms with E-state index in [1.54, 1.807) is 11.8 Å². The van der Waals surface area contributed by atoms with E-state index in [1.165, 1.54) is 4.31 Å². The summed E-state index contributed by atoms with van der Waals surface area (Å²) in [6.07, 6.45) is 2.11. The van der Waals surface area contributed by atoms with Crippen molar-refractivity contribution < 1.29 is 13.2 Å². The Kier molecular flexibility index (Phi) is 3.79. The van der Waals surface area contributed by atoms with E-state index >= 15 is 0 Å². The molecular weight excluding hydrogens is 256 g/mol. The third-order valence-corrected chi connectivity index (χ3v) is 4.74. The van der Waals surface area contributed by atoms with Gasteiger partial charge in [0.2, 0.25) is 0 Å². The highest BCUT2D eigenvalue weighted by Gasteiger charge is 2.34. The Balaban J connectivity index is 1.97. The van der Waals surface area contributed by atoms with Crippen molar-refractivity contribution >= 4 is 16.2 Å². The van der Waals surface area contributed by atoms with Crippen LogP contribution in [-0.2, 0) is 10.2 Å². The monoisotopic (exact) mass is 276 g/mol. The Morgan fingerprint density at radius 1 is 1.11 bits per heavy atom. The van der Waals surface area contributed by atoms with E-state index in [9.17, 15) is 13.2 Å². The van der Waals surface area contributed by atoms with Crippen molar-refractivity contribution in [1.29, 1.82) is 0 Å². The van der Waals surface area contributed by atoms with Gasteiger partial charge in [-0.05, 0) is 19.8 Å². The number of hydrogen-bond acceptors (Lipinski definition) is 3. The SMILES string of the molecule is CC1CN(C(=O)N2CCCC2)CCN1S(N)(=O)=O. The molecule has 0 aromatic heterocycles. The van der Waals surface area contributed by atoms with Gasteiger partial charge in [0, 0.05) is 38.8 Å². The summed E-state index contributed by atoms with van der Waals surface area (Å²) in [5.74, 6) is 0. The van der Waals surface area contributed by atoms with E-state index in [4.69, 9.17) is 5.14 Å². The lowest BCUT2D eigenvalue weighted by atomic mass is 10.2. The zero-order chi connectivity index (χ0) is 13.3. The van der Waals surface area contributed by atoms with E-state index < -0.39 is 10.2 Å². The zero-order valence-corrected chi connectivity index (χ0v) is 11.4. The van der Waals surface area contributed by atoms with E-state index in [0.717, 1.165) is 25.9 Å². The Hall–Kier alpha value is -0.860. The summed E-state index contributed by atoms with van der Waals surface area (Å²) in [6.45, 7) is 4.49. The molecule has 2 aliphatic heterocycles. The van der Waals surface area contributed by atoms with Crippen LogP contribution < -0.4 is 5.14 Å². The predicted molar refractivity (Wildman–Crippen MR) is 67.1 cm³/mol. The fourth-order valence-corrected chi connectivity index (χ4v) is 3.51. The van der Waals surface area contributed by atoms with E-state index in [2.05, 4.69) is 0 Å². The lowest BCUT2D eigenvalue weighted by Crippen LogP contribution is -2.58. The fourth-order valence-electron chi connectivity index (χ4n) is 2.60. The number of piperazine rings is 1. The van der Waals surface area contributed by atoms with Crippen molar-refractivity contribution in [1.82, 2.24) is 14.1 Å². The summed E-state index contributed by atoms with van der Waals surface area (Å²) in [5, 5.41) is 5.13. The molecule has 0 radical (unpaired) electrons. The largest absolute Gasteiger partial charge is 0.325 e. The van der Waals surface area contributed by atoms with E-state index in [-0.39, 0.29) is 18.6 Å². The number of carbonyl (C=O) groups is 1. The van der Waals surface area contributed by atoms with Crippen LogP contribution in [0.25, 0.3) is 0 Å². The predicted octanol–water partition coefficient (Wildman–Crippen LogP) is -0.588. The summed E-state index contributed by atoms with van der Waals surface area (Å²) < 4.78 is 23.9. The molecule has 2 amide bonds. The molecule has 2 N–H and O–H groups in total. The molecule has 2 aliphatic rings. The maximum absolute atomic E-state index is 12.2. The number of rotatable bonds is 1. The third kappa shape index (κ3) is 2.76. The van der Waals surface area contributed by atoms with Crippen molar-refractivity contribution in [3.05, 3.63) is 0 Å². The van der Waals surface area contributed by atoms with Gasteiger partial charge < -0.3 is 9.80 Å². The van der Waals surface area contributed by atoms with Crippen molar-refractivity contribution in [2.24, 2.45) is 5.14 Å². The van der Waals surface area contributed by atoms with Crippen LogP contribution in [0.4, 0.5) is 4.79 Å². The molecule has 2 saturated heterocycles. The summed E-state index contributed by atoms with van der Waals surface area (Å²) in [6, 6.07) is -0.242. The molecule has 0 bridgehead atoms. The molecule has 0 saturated carbocycles. The highest BCUT2D eigenvalue weighted by molar-refractivity contribution is 7.86. The van der Waals surface area contributed by atoms with Gasteiger partial charge in [0.25, 0.3) is 10.2 Å². The Morgan fingerprint density at radius 3 is 2.22 bits per heavy atom. The number of nitrogens with zero attached hydrogens (tertiary/aromatic N) is 3. The molecule has 18 heavy (non-hydrogen) atoms. The van der Waals surface area contributed by atoms with Crippen LogP contribution in [0.2, 0.25) is 0 Å². The van der Waals surface area contributed by atoms with Gasteiger partial charge in [0.05, 0.1) is 0 Å². The Labute approximate surface area is 108 Å². The maximum atomic E-state index is 12.2. The molecule has 2 fully saturated rings. The minimum Gasteiger partial charge on any atom is -0.325 e. The van der Waals surface area contributed by atoms with Gasteiger partial charge in [-0.15, -0.1) is 0 Å². The first kappa shape index (κ1) is 13.6. The molecule has 0 aromatic rings. The minimum atomic E-state index is -3.66. The smallest absolute Gasteiger partial charge is 0.320 e. The van der Waals surface area contributed by atoms with Crippen LogP contribution in [0.15, 0.2) is 0 Å². The standard InChI is InChI=1S/C10H20N4O3S/c1-9-8-13(6-7-14(9)18(11,16)17)10(15)12-4-2-3-5-12/h9H,2-8H2,1H3,(H2,11,16,17). The average Bonchev–Trinajstić information content (AvgIpc) is 2.79.